The van der Waals surface area contributed by atoms with Crippen LogP contribution in [0.25, 0.3) is 0 Å². The lowest BCUT2D eigenvalue weighted by molar-refractivity contribution is -0.385. The summed E-state index contributed by atoms with van der Waals surface area (Å²) in [7, 11) is 0. The molecule has 0 aliphatic rings. The number of nitro benzene ring substituents is 1. The van der Waals surface area contributed by atoms with E-state index in [1.165, 1.54) is 18.2 Å². The van der Waals surface area contributed by atoms with Gasteiger partial charge in [0.1, 0.15) is 23.1 Å². The molecule has 0 fully saturated rings. The molecule has 0 bridgehead atoms. The molecule has 0 aliphatic carbocycles. The highest BCUT2D eigenvalue weighted by Crippen LogP contribution is 2.30. The van der Waals surface area contributed by atoms with Crippen LogP contribution in [-0.2, 0) is 0 Å². The standard InChI is InChI=1S/C14H9ClN2O3/c1-9-6-11(15)2-5-14(9)20-12-3-4-13(17(18)19)10(7-12)8-16/h2-7H,1H3. The average molecular weight is 289 g/mol. The molecule has 100 valence electrons. The Labute approximate surface area is 120 Å². The van der Waals surface area contributed by atoms with Crippen molar-refractivity contribution in [2.75, 3.05) is 0 Å². The number of halogens is 1. The first-order valence-electron chi connectivity index (χ1n) is 5.64. The molecule has 6 heteroatoms. The van der Waals surface area contributed by atoms with Crippen LogP contribution in [-0.4, -0.2) is 4.92 Å². The van der Waals surface area contributed by atoms with Crippen molar-refractivity contribution in [2.45, 2.75) is 6.92 Å². The highest BCUT2D eigenvalue weighted by atomic mass is 35.5. The molecule has 0 radical (unpaired) electrons. The topological polar surface area (TPSA) is 76.2 Å². The summed E-state index contributed by atoms with van der Waals surface area (Å²) in [5, 5.41) is 20.3. The summed E-state index contributed by atoms with van der Waals surface area (Å²) in [6, 6.07) is 10.9. The van der Waals surface area contributed by atoms with Crippen molar-refractivity contribution >= 4 is 17.3 Å². The summed E-state index contributed by atoms with van der Waals surface area (Å²) < 4.78 is 5.61. The maximum absolute atomic E-state index is 10.7. The molecule has 0 spiro atoms. The predicted molar refractivity (Wildman–Crippen MR) is 74.1 cm³/mol. The van der Waals surface area contributed by atoms with Gasteiger partial charge < -0.3 is 4.74 Å². The number of aryl methyl sites for hydroxylation is 1. The number of nitriles is 1. The van der Waals surface area contributed by atoms with Gasteiger partial charge in [-0.05, 0) is 36.8 Å². The van der Waals surface area contributed by atoms with E-state index in [1.54, 1.807) is 24.3 Å². The third-order valence-electron chi connectivity index (χ3n) is 2.65. The Kier molecular flexibility index (Phi) is 3.87. The lowest BCUT2D eigenvalue weighted by Crippen LogP contribution is -1.94. The summed E-state index contributed by atoms with van der Waals surface area (Å²) in [6.07, 6.45) is 0. The number of ether oxygens (including phenoxy) is 1. The van der Waals surface area contributed by atoms with Gasteiger partial charge in [0.2, 0.25) is 0 Å². The smallest absolute Gasteiger partial charge is 0.287 e. The van der Waals surface area contributed by atoms with Gasteiger partial charge in [0.05, 0.1) is 4.92 Å². The van der Waals surface area contributed by atoms with Crippen LogP contribution < -0.4 is 4.74 Å². The molecule has 2 rings (SSSR count). The van der Waals surface area contributed by atoms with Crippen molar-refractivity contribution < 1.29 is 9.66 Å². The second-order valence-electron chi connectivity index (χ2n) is 4.06. The zero-order valence-corrected chi connectivity index (χ0v) is 11.2. The molecule has 0 atom stereocenters. The van der Waals surface area contributed by atoms with Gasteiger partial charge in [-0.25, -0.2) is 0 Å². The Balaban J connectivity index is 2.35. The Hall–Kier alpha value is -2.58. The fraction of sp³-hybridized carbons (Fsp3) is 0.0714. The second kappa shape index (κ2) is 5.59. The Morgan fingerprint density at radius 3 is 2.65 bits per heavy atom. The van der Waals surface area contributed by atoms with Crippen LogP contribution in [0, 0.1) is 28.4 Å². The summed E-state index contributed by atoms with van der Waals surface area (Å²) in [5.74, 6) is 0.935. The number of nitro groups is 1. The number of nitrogens with zero attached hydrogens (tertiary/aromatic N) is 2. The largest absolute Gasteiger partial charge is 0.457 e. The maximum atomic E-state index is 10.7. The third-order valence-corrected chi connectivity index (χ3v) is 2.89. The fourth-order valence-corrected chi connectivity index (χ4v) is 1.91. The quantitative estimate of drug-likeness (QED) is 0.626. The average Bonchev–Trinajstić information content (AvgIpc) is 2.41. The van der Waals surface area contributed by atoms with Gasteiger partial charge in [0.25, 0.3) is 5.69 Å². The first-order valence-corrected chi connectivity index (χ1v) is 6.01. The molecule has 0 aliphatic heterocycles. The summed E-state index contributed by atoms with van der Waals surface area (Å²) >= 11 is 5.85. The van der Waals surface area contributed by atoms with Crippen molar-refractivity contribution in [3.63, 3.8) is 0 Å². The van der Waals surface area contributed by atoms with Crippen molar-refractivity contribution in [1.29, 1.82) is 5.26 Å². The Morgan fingerprint density at radius 1 is 1.30 bits per heavy atom. The number of benzene rings is 2. The van der Waals surface area contributed by atoms with Crippen LogP contribution in [0.2, 0.25) is 5.02 Å². The van der Waals surface area contributed by atoms with Crippen LogP contribution in [0.3, 0.4) is 0 Å². The van der Waals surface area contributed by atoms with Crippen LogP contribution in [0.4, 0.5) is 5.69 Å². The molecule has 2 aromatic carbocycles. The predicted octanol–water partition coefficient (Wildman–Crippen LogP) is 4.22. The normalized spacial score (nSPS) is 9.85. The number of hydrogen-bond acceptors (Lipinski definition) is 4. The fourth-order valence-electron chi connectivity index (χ4n) is 1.68. The lowest BCUT2D eigenvalue weighted by atomic mass is 10.2. The Bertz CT molecular complexity index is 723. The molecule has 0 saturated heterocycles. The molecule has 20 heavy (non-hydrogen) atoms. The van der Waals surface area contributed by atoms with Gasteiger partial charge in [-0.2, -0.15) is 5.26 Å². The van der Waals surface area contributed by atoms with E-state index in [4.69, 9.17) is 21.6 Å². The van der Waals surface area contributed by atoms with Gasteiger partial charge in [-0.3, -0.25) is 10.1 Å². The van der Waals surface area contributed by atoms with Gasteiger partial charge >= 0.3 is 0 Å². The van der Waals surface area contributed by atoms with E-state index in [9.17, 15) is 10.1 Å². The zero-order valence-electron chi connectivity index (χ0n) is 10.5. The highest BCUT2D eigenvalue weighted by Gasteiger charge is 2.14. The van der Waals surface area contributed by atoms with E-state index in [0.717, 1.165) is 5.56 Å². The van der Waals surface area contributed by atoms with Crippen molar-refractivity contribution in [3.05, 3.63) is 62.7 Å². The van der Waals surface area contributed by atoms with Gasteiger partial charge in [0.15, 0.2) is 0 Å². The molecule has 0 amide bonds. The van der Waals surface area contributed by atoms with Crippen LogP contribution in [0.5, 0.6) is 11.5 Å². The van der Waals surface area contributed by atoms with Crippen LogP contribution in [0.1, 0.15) is 11.1 Å². The van der Waals surface area contributed by atoms with Crippen molar-refractivity contribution in [3.8, 4) is 17.6 Å². The summed E-state index contributed by atoms with van der Waals surface area (Å²) in [4.78, 5) is 10.1. The minimum absolute atomic E-state index is 0.0425. The van der Waals surface area contributed by atoms with Gasteiger partial charge in [0, 0.05) is 17.2 Å². The van der Waals surface area contributed by atoms with Crippen LogP contribution >= 0.6 is 11.6 Å². The molecule has 0 aromatic heterocycles. The first-order chi connectivity index (χ1) is 9.51. The summed E-state index contributed by atoms with van der Waals surface area (Å²) in [5.41, 5.74) is 0.543. The lowest BCUT2D eigenvalue weighted by Gasteiger charge is -2.09. The molecule has 0 N–H and O–H groups in total. The molecule has 5 nitrogen and oxygen atoms in total. The van der Waals surface area contributed by atoms with Crippen molar-refractivity contribution in [1.82, 2.24) is 0 Å². The van der Waals surface area contributed by atoms with Crippen LogP contribution in [0.15, 0.2) is 36.4 Å². The van der Waals surface area contributed by atoms with Gasteiger partial charge in [-0.1, -0.05) is 11.6 Å². The minimum atomic E-state index is -0.601. The zero-order chi connectivity index (χ0) is 14.7. The summed E-state index contributed by atoms with van der Waals surface area (Å²) in [6.45, 7) is 1.83. The van der Waals surface area contributed by atoms with E-state index >= 15 is 0 Å². The molecule has 0 unspecified atom stereocenters. The molecule has 2 aromatic rings. The van der Waals surface area contributed by atoms with E-state index in [-0.39, 0.29) is 11.3 Å². The Morgan fingerprint density at radius 2 is 2.05 bits per heavy atom. The van der Waals surface area contributed by atoms with Crippen molar-refractivity contribution in [2.24, 2.45) is 0 Å². The minimum Gasteiger partial charge on any atom is -0.457 e. The SMILES string of the molecule is Cc1cc(Cl)ccc1Oc1ccc([N+](=O)[O-])c(C#N)c1. The van der Waals surface area contributed by atoms with E-state index in [0.29, 0.717) is 16.5 Å². The number of rotatable bonds is 3. The van der Waals surface area contributed by atoms with Gasteiger partial charge in [-0.15, -0.1) is 0 Å². The van der Waals surface area contributed by atoms with E-state index in [2.05, 4.69) is 0 Å². The molecular weight excluding hydrogens is 280 g/mol. The molecule has 0 saturated carbocycles. The second-order valence-corrected chi connectivity index (χ2v) is 4.50. The molecule has 0 heterocycles. The first kappa shape index (κ1) is 13.8. The highest BCUT2D eigenvalue weighted by molar-refractivity contribution is 6.30. The third kappa shape index (κ3) is 2.87. The van der Waals surface area contributed by atoms with E-state index in [1.807, 2.05) is 6.92 Å². The monoisotopic (exact) mass is 288 g/mol. The maximum Gasteiger partial charge on any atom is 0.287 e. The number of hydrogen-bond donors (Lipinski definition) is 0. The molecular formula is C14H9ClN2O3. The van der Waals surface area contributed by atoms with E-state index < -0.39 is 4.92 Å².